The molecule has 2 atom stereocenters. The molecule has 1 fully saturated rings. The zero-order valence-corrected chi connectivity index (χ0v) is 7.01. The number of carbonyl (C=O) groups excluding carboxylic acids is 1. The zero-order valence-electron chi connectivity index (χ0n) is 7.01. The summed E-state index contributed by atoms with van der Waals surface area (Å²) < 4.78 is 12.8. The van der Waals surface area contributed by atoms with Crippen LogP contribution in [0, 0.1) is 0 Å². The van der Waals surface area contributed by atoms with Gasteiger partial charge in [-0.1, -0.05) is 6.92 Å². The van der Waals surface area contributed by atoms with Crippen LogP contribution >= 0.6 is 0 Å². The first-order chi connectivity index (χ1) is 5.15. The van der Waals surface area contributed by atoms with E-state index in [-0.39, 0.29) is 11.8 Å². The standard InChI is InChI=1S/C8H14FNO/c1-3-10-5-7(9)4-8(10)6(2)11/h7-8H,3-5H2,1-2H3/t7-,8-/m0/s1. The van der Waals surface area contributed by atoms with Crippen LogP contribution in [-0.2, 0) is 4.79 Å². The van der Waals surface area contributed by atoms with Gasteiger partial charge in [0.15, 0.2) is 0 Å². The molecule has 2 nitrogen and oxygen atoms in total. The summed E-state index contributed by atoms with van der Waals surface area (Å²) in [6.45, 7) is 4.69. The van der Waals surface area contributed by atoms with Crippen molar-refractivity contribution in [2.45, 2.75) is 32.5 Å². The van der Waals surface area contributed by atoms with E-state index in [4.69, 9.17) is 0 Å². The van der Waals surface area contributed by atoms with Gasteiger partial charge in [0.25, 0.3) is 0 Å². The fourth-order valence-corrected chi connectivity index (χ4v) is 1.62. The van der Waals surface area contributed by atoms with Crippen molar-refractivity contribution in [1.29, 1.82) is 0 Å². The van der Waals surface area contributed by atoms with Gasteiger partial charge in [-0.15, -0.1) is 0 Å². The minimum atomic E-state index is -0.802. The van der Waals surface area contributed by atoms with E-state index >= 15 is 0 Å². The topological polar surface area (TPSA) is 20.3 Å². The van der Waals surface area contributed by atoms with Crippen LogP contribution in [0.25, 0.3) is 0 Å². The van der Waals surface area contributed by atoms with Crippen molar-refractivity contribution in [3.8, 4) is 0 Å². The van der Waals surface area contributed by atoms with Crippen molar-refractivity contribution >= 4 is 5.78 Å². The molecule has 1 aliphatic rings. The van der Waals surface area contributed by atoms with Crippen LogP contribution in [0.5, 0.6) is 0 Å². The molecule has 0 amide bonds. The number of hydrogen-bond acceptors (Lipinski definition) is 2. The Bertz CT molecular complexity index is 160. The molecule has 1 aliphatic heterocycles. The van der Waals surface area contributed by atoms with Crippen molar-refractivity contribution in [2.75, 3.05) is 13.1 Å². The van der Waals surface area contributed by atoms with E-state index in [9.17, 15) is 9.18 Å². The number of carbonyl (C=O) groups is 1. The molecular formula is C8H14FNO. The van der Waals surface area contributed by atoms with Crippen molar-refractivity contribution < 1.29 is 9.18 Å². The maximum Gasteiger partial charge on any atom is 0.147 e. The lowest BCUT2D eigenvalue weighted by molar-refractivity contribution is -0.121. The second kappa shape index (κ2) is 3.30. The molecule has 0 N–H and O–H groups in total. The summed E-state index contributed by atoms with van der Waals surface area (Å²) in [4.78, 5) is 12.8. The third kappa shape index (κ3) is 1.77. The summed E-state index contributed by atoms with van der Waals surface area (Å²) >= 11 is 0. The lowest BCUT2D eigenvalue weighted by atomic mass is 10.1. The maximum absolute atomic E-state index is 12.8. The maximum atomic E-state index is 12.8. The Hall–Kier alpha value is -0.440. The van der Waals surface area contributed by atoms with E-state index in [0.717, 1.165) is 6.54 Å². The van der Waals surface area contributed by atoms with E-state index in [1.54, 1.807) is 0 Å². The Morgan fingerprint density at radius 3 is 2.73 bits per heavy atom. The summed E-state index contributed by atoms with van der Waals surface area (Å²) in [5.74, 6) is 0.0898. The first kappa shape index (κ1) is 8.65. The third-order valence-corrected chi connectivity index (χ3v) is 2.23. The van der Waals surface area contributed by atoms with Gasteiger partial charge in [0, 0.05) is 13.0 Å². The summed E-state index contributed by atoms with van der Waals surface area (Å²) in [7, 11) is 0. The lowest BCUT2D eigenvalue weighted by Crippen LogP contribution is -2.34. The highest BCUT2D eigenvalue weighted by molar-refractivity contribution is 5.81. The van der Waals surface area contributed by atoms with Crippen LogP contribution < -0.4 is 0 Å². The molecule has 0 unspecified atom stereocenters. The van der Waals surface area contributed by atoms with Crippen molar-refractivity contribution in [2.24, 2.45) is 0 Å². The zero-order chi connectivity index (χ0) is 8.43. The van der Waals surface area contributed by atoms with Gasteiger partial charge in [-0.3, -0.25) is 9.69 Å². The number of halogens is 1. The molecule has 1 heterocycles. The summed E-state index contributed by atoms with van der Waals surface area (Å²) in [5, 5.41) is 0. The molecule has 0 aliphatic carbocycles. The molecule has 3 heteroatoms. The molecule has 0 aromatic heterocycles. The quantitative estimate of drug-likeness (QED) is 0.599. The Morgan fingerprint density at radius 2 is 2.36 bits per heavy atom. The van der Waals surface area contributed by atoms with E-state index in [0.29, 0.717) is 13.0 Å². The predicted molar refractivity (Wildman–Crippen MR) is 41.2 cm³/mol. The average Bonchev–Trinajstić information content (AvgIpc) is 2.30. The Labute approximate surface area is 66.4 Å². The van der Waals surface area contributed by atoms with Gasteiger partial charge in [0.2, 0.25) is 0 Å². The largest absolute Gasteiger partial charge is 0.298 e. The van der Waals surface area contributed by atoms with Crippen LogP contribution in [0.1, 0.15) is 20.3 Å². The molecule has 0 spiro atoms. The molecule has 0 saturated carbocycles. The SMILES string of the molecule is CCN1C[C@@H](F)C[C@H]1C(C)=O. The molecular weight excluding hydrogens is 145 g/mol. The van der Waals surface area contributed by atoms with Crippen molar-refractivity contribution in [3.05, 3.63) is 0 Å². The Morgan fingerprint density at radius 1 is 1.73 bits per heavy atom. The fraction of sp³-hybridized carbons (Fsp3) is 0.875. The van der Waals surface area contributed by atoms with E-state index in [1.807, 2.05) is 11.8 Å². The first-order valence-corrected chi connectivity index (χ1v) is 4.03. The summed E-state index contributed by atoms with van der Waals surface area (Å²) in [6.07, 6.45) is -0.410. The second-order valence-corrected chi connectivity index (χ2v) is 3.05. The van der Waals surface area contributed by atoms with E-state index < -0.39 is 6.17 Å². The number of Topliss-reactive ketones (excluding diaryl/α,β-unsaturated/α-hetero) is 1. The predicted octanol–water partition coefficient (Wildman–Crippen LogP) is 1.01. The number of ketones is 1. The normalized spacial score (nSPS) is 32.6. The monoisotopic (exact) mass is 159 g/mol. The molecule has 1 rings (SSSR count). The fourth-order valence-electron chi connectivity index (χ4n) is 1.62. The number of alkyl halides is 1. The van der Waals surface area contributed by atoms with Crippen molar-refractivity contribution in [3.63, 3.8) is 0 Å². The highest BCUT2D eigenvalue weighted by Crippen LogP contribution is 2.20. The van der Waals surface area contributed by atoms with Crippen molar-refractivity contribution in [1.82, 2.24) is 4.90 Å². The highest BCUT2D eigenvalue weighted by Gasteiger charge is 2.33. The van der Waals surface area contributed by atoms with Gasteiger partial charge < -0.3 is 0 Å². The molecule has 0 bridgehead atoms. The third-order valence-electron chi connectivity index (χ3n) is 2.23. The second-order valence-electron chi connectivity index (χ2n) is 3.05. The lowest BCUT2D eigenvalue weighted by Gasteiger charge is -2.18. The minimum Gasteiger partial charge on any atom is -0.298 e. The van der Waals surface area contributed by atoms with Crippen LogP contribution in [0.2, 0.25) is 0 Å². The summed E-state index contributed by atoms with van der Waals surface area (Å²) in [5.41, 5.74) is 0. The smallest absolute Gasteiger partial charge is 0.147 e. The number of nitrogens with zero attached hydrogens (tertiary/aromatic N) is 1. The number of likely N-dealkylation sites (N-methyl/N-ethyl adjacent to an activating group) is 1. The Balaban J connectivity index is 2.57. The minimum absolute atomic E-state index is 0.0898. The molecule has 0 aromatic carbocycles. The first-order valence-electron chi connectivity index (χ1n) is 4.03. The van der Waals surface area contributed by atoms with Gasteiger partial charge in [-0.05, 0) is 13.5 Å². The van der Waals surface area contributed by atoms with Crippen LogP contribution in [0.4, 0.5) is 4.39 Å². The van der Waals surface area contributed by atoms with Crippen LogP contribution in [0.15, 0.2) is 0 Å². The van der Waals surface area contributed by atoms with Gasteiger partial charge in [0.1, 0.15) is 12.0 Å². The van der Waals surface area contributed by atoms with Crippen LogP contribution in [0.3, 0.4) is 0 Å². The van der Waals surface area contributed by atoms with Gasteiger partial charge in [-0.2, -0.15) is 0 Å². The van der Waals surface area contributed by atoms with Gasteiger partial charge >= 0.3 is 0 Å². The highest BCUT2D eigenvalue weighted by atomic mass is 19.1. The van der Waals surface area contributed by atoms with Crippen LogP contribution in [-0.4, -0.2) is 36.0 Å². The number of rotatable bonds is 2. The molecule has 11 heavy (non-hydrogen) atoms. The molecule has 0 radical (unpaired) electrons. The molecule has 0 aromatic rings. The average molecular weight is 159 g/mol. The number of hydrogen-bond donors (Lipinski definition) is 0. The Kier molecular flexibility index (Phi) is 2.60. The van der Waals surface area contributed by atoms with E-state index in [1.165, 1.54) is 6.92 Å². The molecule has 1 saturated heterocycles. The van der Waals surface area contributed by atoms with Gasteiger partial charge in [0.05, 0.1) is 6.04 Å². The summed E-state index contributed by atoms with van der Waals surface area (Å²) in [6, 6.07) is -0.157. The van der Waals surface area contributed by atoms with Gasteiger partial charge in [-0.25, -0.2) is 4.39 Å². The number of likely N-dealkylation sites (tertiary alicyclic amines) is 1. The molecule has 64 valence electrons. The van der Waals surface area contributed by atoms with E-state index in [2.05, 4.69) is 0 Å².